The smallest absolute Gasteiger partial charge is 0.241 e. The third kappa shape index (κ3) is 3.65. The number of nitrogens with one attached hydrogen (secondary N) is 1. The van der Waals surface area contributed by atoms with Crippen molar-refractivity contribution in [1.29, 1.82) is 0 Å². The molecular weight excluding hydrogens is 266 g/mol. The zero-order valence-electron chi connectivity index (χ0n) is 9.22. The first-order chi connectivity index (χ1) is 7.83. The molecule has 96 valence electrons. The largest absolute Gasteiger partial charge is 0.394 e. The average Bonchev–Trinajstić information content (AvgIpc) is 2.28. The van der Waals surface area contributed by atoms with E-state index < -0.39 is 28.8 Å². The summed E-state index contributed by atoms with van der Waals surface area (Å²) < 4.78 is 26.1. The lowest BCUT2D eigenvalue weighted by Gasteiger charge is -2.25. The van der Waals surface area contributed by atoms with Gasteiger partial charge in [-0.05, 0) is 25.1 Å². The molecule has 0 aliphatic heterocycles. The minimum absolute atomic E-state index is 0.0156. The van der Waals surface area contributed by atoms with Gasteiger partial charge in [-0.2, -0.15) is 0 Å². The lowest BCUT2D eigenvalue weighted by atomic mass is 10.1. The van der Waals surface area contributed by atoms with Gasteiger partial charge in [0, 0.05) is 5.02 Å². The van der Waals surface area contributed by atoms with E-state index in [1.54, 1.807) is 6.07 Å². The van der Waals surface area contributed by atoms with Crippen LogP contribution in [0.2, 0.25) is 5.02 Å². The van der Waals surface area contributed by atoms with Crippen molar-refractivity contribution in [1.82, 2.24) is 4.72 Å². The molecule has 0 aromatic heterocycles. The minimum atomic E-state index is -3.82. The summed E-state index contributed by atoms with van der Waals surface area (Å²) in [5, 5.41) is 18.4. The normalized spacial score (nSPS) is 12.7. The molecule has 5 nitrogen and oxygen atoms in total. The Bertz CT molecular complexity index is 485. The molecule has 1 aromatic carbocycles. The van der Waals surface area contributed by atoms with Gasteiger partial charge >= 0.3 is 0 Å². The number of aliphatic hydroxyl groups is 2. The van der Waals surface area contributed by atoms with Crippen molar-refractivity contribution in [3.8, 4) is 0 Å². The van der Waals surface area contributed by atoms with Crippen molar-refractivity contribution in [2.45, 2.75) is 17.4 Å². The molecular formula is C10H14ClNO4S. The van der Waals surface area contributed by atoms with Gasteiger partial charge in [-0.1, -0.05) is 17.7 Å². The number of hydrogen-bond acceptors (Lipinski definition) is 4. The van der Waals surface area contributed by atoms with Crippen molar-refractivity contribution in [2.24, 2.45) is 0 Å². The van der Waals surface area contributed by atoms with Gasteiger partial charge in [-0.3, -0.25) is 0 Å². The number of sulfonamides is 1. The highest BCUT2D eigenvalue weighted by Crippen LogP contribution is 2.17. The maximum Gasteiger partial charge on any atom is 0.241 e. The monoisotopic (exact) mass is 279 g/mol. The summed E-state index contributed by atoms with van der Waals surface area (Å²) >= 11 is 5.70. The van der Waals surface area contributed by atoms with Gasteiger partial charge in [0.05, 0.1) is 23.6 Å². The van der Waals surface area contributed by atoms with E-state index in [9.17, 15) is 8.42 Å². The van der Waals surface area contributed by atoms with Crippen LogP contribution in [0, 0.1) is 0 Å². The third-order valence-electron chi connectivity index (χ3n) is 2.19. The summed E-state index contributed by atoms with van der Waals surface area (Å²) in [6, 6.07) is 5.73. The van der Waals surface area contributed by atoms with Crippen LogP contribution >= 0.6 is 11.6 Å². The molecule has 1 rings (SSSR count). The molecule has 0 unspecified atom stereocenters. The number of benzene rings is 1. The van der Waals surface area contributed by atoms with Crippen molar-refractivity contribution in [3.63, 3.8) is 0 Å². The van der Waals surface area contributed by atoms with Crippen LogP contribution in [-0.2, 0) is 10.0 Å². The van der Waals surface area contributed by atoms with Gasteiger partial charge in [0.25, 0.3) is 0 Å². The molecule has 7 heteroatoms. The second-order valence-corrected chi connectivity index (χ2v) is 6.06. The molecule has 0 bridgehead atoms. The molecule has 0 atom stereocenters. The predicted octanol–water partition coefficient (Wildman–Crippen LogP) is 0.362. The third-order valence-corrected chi connectivity index (χ3v) is 4.06. The van der Waals surface area contributed by atoms with Gasteiger partial charge in [-0.25, -0.2) is 13.1 Å². The standard InChI is InChI=1S/C10H14ClNO4S/c1-10(6-13,7-14)12-17(15,16)9-4-2-3-8(11)5-9/h2-5,12-14H,6-7H2,1H3. The first-order valence-corrected chi connectivity index (χ1v) is 6.70. The SMILES string of the molecule is CC(CO)(CO)NS(=O)(=O)c1cccc(Cl)c1. The maximum absolute atomic E-state index is 11.9. The van der Waals surface area contributed by atoms with Crippen LogP contribution in [0.4, 0.5) is 0 Å². The molecule has 0 radical (unpaired) electrons. The zero-order valence-corrected chi connectivity index (χ0v) is 10.8. The van der Waals surface area contributed by atoms with E-state index in [1.165, 1.54) is 25.1 Å². The second-order valence-electron chi connectivity index (χ2n) is 3.94. The van der Waals surface area contributed by atoms with E-state index in [-0.39, 0.29) is 4.90 Å². The topological polar surface area (TPSA) is 86.6 Å². The fourth-order valence-corrected chi connectivity index (χ4v) is 2.82. The number of aliphatic hydroxyl groups excluding tert-OH is 2. The van der Waals surface area contributed by atoms with E-state index >= 15 is 0 Å². The van der Waals surface area contributed by atoms with Crippen molar-refractivity contribution in [3.05, 3.63) is 29.3 Å². The molecule has 0 aliphatic carbocycles. The first-order valence-electron chi connectivity index (χ1n) is 4.84. The van der Waals surface area contributed by atoms with Crippen LogP contribution in [0.5, 0.6) is 0 Å². The average molecular weight is 280 g/mol. The molecule has 0 amide bonds. The van der Waals surface area contributed by atoms with Gasteiger partial charge < -0.3 is 10.2 Å². The van der Waals surface area contributed by atoms with Crippen LogP contribution in [0.25, 0.3) is 0 Å². The number of halogens is 1. The van der Waals surface area contributed by atoms with Crippen molar-refractivity contribution < 1.29 is 18.6 Å². The Kier molecular flexibility index (Phi) is 4.51. The molecule has 0 saturated heterocycles. The Morgan fingerprint density at radius 1 is 1.35 bits per heavy atom. The Morgan fingerprint density at radius 2 is 1.94 bits per heavy atom. The van der Waals surface area contributed by atoms with E-state index in [4.69, 9.17) is 21.8 Å². The molecule has 17 heavy (non-hydrogen) atoms. The second kappa shape index (κ2) is 5.32. The Balaban J connectivity index is 3.05. The molecule has 3 N–H and O–H groups in total. The van der Waals surface area contributed by atoms with Crippen molar-refractivity contribution in [2.75, 3.05) is 13.2 Å². The molecule has 0 fully saturated rings. The summed E-state index contributed by atoms with van der Waals surface area (Å²) in [7, 11) is -3.82. The van der Waals surface area contributed by atoms with Crippen LogP contribution in [0.3, 0.4) is 0 Å². The maximum atomic E-state index is 11.9. The van der Waals surface area contributed by atoms with Gasteiger partial charge in [-0.15, -0.1) is 0 Å². The number of rotatable bonds is 5. The lowest BCUT2D eigenvalue weighted by molar-refractivity contribution is 0.122. The fourth-order valence-electron chi connectivity index (χ4n) is 1.13. The van der Waals surface area contributed by atoms with Crippen molar-refractivity contribution >= 4 is 21.6 Å². The van der Waals surface area contributed by atoms with Crippen LogP contribution < -0.4 is 4.72 Å². The summed E-state index contributed by atoms with van der Waals surface area (Å²) in [6.07, 6.45) is 0. The van der Waals surface area contributed by atoms with E-state index in [2.05, 4.69) is 4.72 Å². The fraction of sp³-hybridized carbons (Fsp3) is 0.400. The van der Waals surface area contributed by atoms with Gasteiger partial charge in [0.2, 0.25) is 10.0 Å². The van der Waals surface area contributed by atoms with Gasteiger partial charge in [0.1, 0.15) is 0 Å². The van der Waals surface area contributed by atoms with Crippen LogP contribution in [-0.4, -0.2) is 37.4 Å². The summed E-state index contributed by atoms with van der Waals surface area (Å²) in [5.41, 5.74) is -1.30. The highest BCUT2D eigenvalue weighted by atomic mass is 35.5. The molecule has 0 heterocycles. The quantitative estimate of drug-likeness (QED) is 0.726. The van der Waals surface area contributed by atoms with E-state index in [1.807, 2.05) is 0 Å². The zero-order chi connectivity index (χ0) is 13.1. The Labute approximate surface area is 105 Å². The van der Waals surface area contributed by atoms with Gasteiger partial charge in [0.15, 0.2) is 0 Å². The molecule has 0 aliphatic rings. The Hall–Kier alpha value is -0.660. The summed E-state index contributed by atoms with van der Waals surface area (Å²) in [5.74, 6) is 0. The van der Waals surface area contributed by atoms with E-state index in [0.29, 0.717) is 5.02 Å². The predicted molar refractivity (Wildman–Crippen MR) is 64.4 cm³/mol. The van der Waals surface area contributed by atoms with Crippen LogP contribution in [0.15, 0.2) is 29.2 Å². The van der Waals surface area contributed by atoms with E-state index in [0.717, 1.165) is 0 Å². The summed E-state index contributed by atoms with van der Waals surface area (Å²) in [6.45, 7) is 0.377. The first kappa shape index (κ1) is 14.4. The minimum Gasteiger partial charge on any atom is -0.394 e. The Morgan fingerprint density at radius 3 is 2.41 bits per heavy atom. The van der Waals surface area contributed by atoms with Crippen LogP contribution in [0.1, 0.15) is 6.92 Å². The molecule has 1 aromatic rings. The molecule has 0 spiro atoms. The molecule has 0 saturated carbocycles. The highest BCUT2D eigenvalue weighted by molar-refractivity contribution is 7.89. The lowest BCUT2D eigenvalue weighted by Crippen LogP contribution is -2.51. The highest BCUT2D eigenvalue weighted by Gasteiger charge is 2.29. The number of hydrogen-bond donors (Lipinski definition) is 3. The summed E-state index contributed by atoms with van der Waals surface area (Å²) in [4.78, 5) is -0.0156.